The number of hydrogen-bond donors (Lipinski definition) is 2. The van der Waals surface area contributed by atoms with E-state index in [4.69, 9.17) is 5.11 Å². The predicted molar refractivity (Wildman–Crippen MR) is 30.3 cm³/mol. The maximum Gasteiger partial charge on any atom is 0.0719 e. The Hall–Kier alpha value is -0.500. The van der Waals surface area contributed by atoms with Crippen LogP contribution in [-0.4, -0.2) is 18.2 Å². The fraction of sp³-hybridized carbons (Fsp3) is 0.600. The van der Waals surface area contributed by atoms with Crippen molar-refractivity contribution in [2.45, 2.75) is 6.42 Å². The van der Waals surface area contributed by atoms with Crippen LogP contribution in [0.1, 0.15) is 6.42 Å². The minimum atomic E-state index is 0.750. The summed E-state index contributed by atoms with van der Waals surface area (Å²) in [4.78, 5) is 0. The minimum Gasteiger partial charge on any atom is -0.516 e. The molecular weight excluding hydrogens is 90.1 g/mol. The van der Waals surface area contributed by atoms with Crippen LogP contribution in [0.5, 0.6) is 0 Å². The van der Waals surface area contributed by atoms with Crippen molar-refractivity contribution in [3.63, 3.8) is 0 Å². The highest BCUT2D eigenvalue weighted by Crippen LogP contribution is 1.80. The summed E-state index contributed by atoms with van der Waals surface area (Å²) >= 11 is 0. The molecule has 0 aliphatic carbocycles. The molecule has 7 heavy (non-hydrogen) atoms. The Balaban J connectivity index is 0.000000110. The summed E-state index contributed by atoms with van der Waals surface area (Å²) in [7, 11) is 0. The second-order valence-electron chi connectivity index (χ2n) is 1.29. The summed E-state index contributed by atoms with van der Waals surface area (Å²) in [5.74, 6) is 0. The van der Waals surface area contributed by atoms with Crippen LogP contribution < -0.4 is 5.32 Å². The summed E-state index contributed by atoms with van der Waals surface area (Å²) in [6.07, 6.45) is 2.14. The highest BCUT2D eigenvalue weighted by Gasteiger charge is 1.92. The molecule has 2 heteroatoms. The average Bonchev–Trinajstić information content (AvgIpc) is 1.27. The van der Waals surface area contributed by atoms with Crippen molar-refractivity contribution in [2.75, 3.05) is 13.1 Å². The lowest BCUT2D eigenvalue weighted by atomic mass is 10.3. The molecule has 1 aliphatic heterocycles. The SMILES string of the molecule is C1CNC1.C=CO. The normalized spacial score (nSPS) is 15.4. The molecule has 0 aromatic heterocycles. The van der Waals surface area contributed by atoms with Crippen LogP contribution in [0.25, 0.3) is 0 Å². The van der Waals surface area contributed by atoms with Gasteiger partial charge < -0.3 is 10.4 Å². The first kappa shape index (κ1) is 6.50. The molecule has 2 nitrogen and oxygen atoms in total. The lowest BCUT2D eigenvalue weighted by molar-refractivity contribution is 0.476. The van der Waals surface area contributed by atoms with E-state index in [0.29, 0.717) is 0 Å². The van der Waals surface area contributed by atoms with Gasteiger partial charge in [0.15, 0.2) is 0 Å². The number of nitrogens with one attached hydrogen (secondary N) is 1. The van der Waals surface area contributed by atoms with Gasteiger partial charge in [-0.05, 0) is 19.5 Å². The van der Waals surface area contributed by atoms with Gasteiger partial charge in [-0.3, -0.25) is 0 Å². The summed E-state index contributed by atoms with van der Waals surface area (Å²) in [5, 5.41) is 10.4. The molecule has 0 saturated carbocycles. The van der Waals surface area contributed by atoms with Crippen LogP contribution in [0, 0.1) is 0 Å². The predicted octanol–water partition coefficient (Wildman–Crippen LogP) is 0.668. The summed E-state index contributed by atoms with van der Waals surface area (Å²) in [6, 6.07) is 0. The van der Waals surface area contributed by atoms with Crippen molar-refractivity contribution in [1.82, 2.24) is 5.32 Å². The summed E-state index contributed by atoms with van der Waals surface area (Å²) < 4.78 is 0. The molecule has 2 N–H and O–H groups in total. The molecule has 0 aromatic rings. The van der Waals surface area contributed by atoms with Gasteiger partial charge in [-0.1, -0.05) is 6.58 Å². The number of aliphatic hydroxyl groups is 1. The van der Waals surface area contributed by atoms with E-state index in [1.165, 1.54) is 19.5 Å². The Kier molecular flexibility index (Phi) is 5.11. The average molecular weight is 101 g/mol. The molecule has 0 bridgehead atoms. The zero-order valence-corrected chi connectivity index (χ0v) is 4.35. The van der Waals surface area contributed by atoms with Crippen molar-refractivity contribution >= 4 is 0 Å². The molecule has 1 aliphatic rings. The van der Waals surface area contributed by atoms with E-state index < -0.39 is 0 Å². The van der Waals surface area contributed by atoms with Gasteiger partial charge in [0.05, 0.1) is 6.26 Å². The van der Waals surface area contributed by atoms with Gasteiger partial charge in [0.1, 0.15) is 0 Å². The second-order valence-corrected chi connectivity index (χ2v) is 1.29. The smallest absolute Gasteiger partial charge is 0.0719 e. The Morgan fingerprint density at radius 1 is 1.57 bits per heavy atom. The van der Waals surface area contributed by atoms with Gasteiger partial charge in [0, 0.05) is 0 Å². The summed E-state index contributed by atoms with van der Waals surface area (Å²) in [6.45, 7) is 5.42. The highest BCUT2D eigenvalue weighted by atomic mass is 16.2. The van der Waals surface area contributed by atoms with Crippen molar-refractivity contribution in [1.29, 1.82) is 0 Å². The zero-order chi connectivity index (χ0) is 5.54. The third-order valence-electron chi connectivity index (χ3n) is 0.707. The topological polar surface area (TPSA) is 32.3 Å². The van der Waals surface area contributed by atoms with E-state index in [1.807, 2.05) is 0 Å². The first-order valence-electron chi connectivity index (χ1n) is 2.37. The lowest BCUT2D eigenvalue weighted by Gasteiger charge is -2.09. The third kappa shape index (κ3) is 5.50. The molecule has 1 fully saturated rings. The molecule has 42 valence electrons. The largest absolute Gasteiger partial charge is 0.516 e. The third-order valence-corrected chi connectivity index (χ3v) is 0.707. The first-order valence-corrected chi connectivity index (χ1v) is 2.37. The van der Waals surface area contributed by atoms with Crippen molar-refractivity contribution in [3.8, 4) is 0 Å². The second kappa shape index (κ2) is 5.50. The fourth-order valence-corrected chi connectivity index (χ4v) is 0.177. The van der Waals surface area contributed by atoms with Crippen LogP contribution in [-0.2, 0) is 0 Å². The summed E-state index contributed by atoms with van der Waals surface area (Å²) in [5.41, 5.74) is 0. The van der Waals surface area contributed by atoms with E-state index in [2.05, 4.69) is 11.9 Å². The van der Waals surface area contributed by atoms with Gasteiger partial charge in [0.2, 0.25) is 0 Å². The molecule has 0 amide bonds. The fourth-order valence-electron chi connectivity index (χ4n) is 0.177. The van der Waals surface area contributed by atoms with Gasteiger partial charge in [-0.15, -0.1) is 0 Å². The van der Waals surface area contributed by atoms with Crippen LogP contribution in [0.3, 0.4) is 0 Å². The molecule has 0 aromatic carbocycles. The standard InChI is InChI=1S/C3H7N.C2H4O/c1-2-4-3-1;1-2-3/h4H,1-3H2;2-3H,1H2. The monoisotopic (exact) mass is 101 g/mol. The highest BCUT2D eigenvalue weighted by molar-refractivity contribution is 4.56. The van der Waals surface area contributed by atoms with E-state index in [-0.39, 0.29) is 0 Å². The van der Waals surface area contributed by atoms with Crippen molar-refractivity contribution < 1.29 is 5.11 Å². The minimum absolute atomic E-state index is 0.750. The Labute approximate surface area is 43.9 Å². The Morgan fingerprint density at radius 3 is 1.71 bits per heavy atom. The molecule has 1 heterocycles. The van der Waals surface area contributed by atoms with Crippen LogP contribution in [0.15, 0.2) is 12.8 Å². The number of hydrogen-bond acceptors (Lipinski definition) is 2. The lowest BCUT2D eigenvalue weighted by Crippen LogP contribution is -2.29. The van der Waals surface area contributed by atoms with Gasteiger partial charge in [0.25, 0.3) is 0 Å². The van der Waals surface area contributed by atoms with Crippen molar-refractivity contribution in [2.24, 2.45) is 0 Å². The molecule has 0 radical (unpaired) electrons. The molecule has 0 spiro atoms. The number of rotatable bonds is 0. The van der Waals surface area contributed by atoms with Crippen LogP contribution in [0.4, 0.5) is 0 Å². The first-order chi connectivity index (χ1) is 3.41. The van der Waals surface area contributed by atoms with Gasteiger partial charge >= 0.3 is 0 Å². The van der Waals surface area contributed by atoms with E-state index >= 15 is 0 Å². The Morgan fingerprint density at radius 2 is 1.71 bits per heavy atom. The van der Waals surface area contributed by atoms with E-state index in [0.717, 1.165) is 6.26 Å². The van der Waals surface area contributed by atoms with Crippen LogP contribution >= 0.6 is 0 Å². The van der Waals surface area contributed by atoms with Gasteiger partial charge in [-0.25, -0.2) is 0 Å². The zero-order valence-electron chi connectivity index (χ0n) is 4.35. The van der Waals surface area contributed by atoms with Gasteiger partial charge in [-0.2, -0.15) is 0 Å². The Bertz CT molecular complexity index is 37.3. The molecule has 1 rings (SSSR count). The van der Waals surface area contributed by atoms with Crippen LogP contribution in [0.2, 0.25) is 0 Å². The van der Waals surface area contributed by atoms with E-state index in [9.17, 15) is 0 Å². The molecule has 1 saturated heterocycles. The molecule has 0 unspecified atom stereocenters. The van der Waals surface area contributed by atoms with E-state index in [1.54, 1.807) is 0 Å². The van der Waals surface area contributed by atoms with Crippen molar-refractivity contribution in [3.05, 3.63) is 12.8 Å². The quantitative estimate of drug-likeness (QED) is 0.439. The number of aliphatic hydroxyl groups excluding tert-OH is 1. The maximum absolute atomic E-state index is 7.33. The molecule has 0 atom stereocenters. The molecular formula is C5H11NO. The maximum atomic E-state index is 7.33.